The SMILES string of the molecule is COc1ccc(C(=O)Oc2ccc(/C=N/NC(=O)COc3ccc(Br)cc3)cc2OC)cc1OC. The number of carbonyl (C=O) groups excluding carboxylic acids is 2. The monoisotopic (exact) mass is 542 g/mol. The summed E-state index contributed by atoms with van der Waals surface area (Å²) >= 11 is 3.33. The van der Waals surface area contributed by atoms with Gasteiger partial charge in [-0.1, -0.05) is 15.9 Å². The highest BCUT2D eigenvalue weighted by atomic mass is 79.9. The van der Waals surface area contributed by atoms with Crippen LogP contribution >= 0.6 is 15.9 Å². The molecule has 0 saturated carbocycles. The summed E-state index contributed by atoms with van der Waals surface area (Å²) in [5, 5.41) is 3.92. The summed E-state index contributed by atoms with van der Waals surface area (Å²) in [7, 11) is 4.44. The summed E-state index contributed by atoms with van der Waals surface area (Å²) in [4.78, 5) is 24.5. The number of nitrogens with one attached hydrogen (secondary N) is 1. The molecule has 0 heterocycles. The second-order valence-corrected chi connectivity index (χ2v) is 7.82. The van der Waals surface area contributed by atoms with Crippen LogP contribution in [0.2, 0.25) is 0 Å². The summed E-state index contributed by atoms with van der Waals surface area (Å²) in [6, 6.07) is 16.7. The molecule has 0 aliphatic rings. The molecule has 0 fully saturated rings. The zero-order valence-electron chi connectivity index (χ0n) is 19.2. The lowest BCUT2D eigenvalue weighted by atomic mass is 10.2. The molecule has 3 aromatic carbocycles. The van der Waals surface area contributed by atoms with Gasteiger partial charge in [0, 0.05) is 4.47 Å². The van der Waals surface area contributed by atoms with E-state index in [1.165, 1.54) is 33.6 Å². The van der Waals surface area contributed by atoms with Crippen LogP contribution in [0.1, 0.15) is 15.9 Å². The van der Waals surface area contributed by atoms with E-state index >= 15 is 0 Å². The van der Waals surface area contributed by atoms with Gasteiger partial charge in [-0.3, -0.25) is 4.79 Å². The Kier molecular flexibility index (Phi) is 9.08. The van der Waals surface area contributed by atoms with E-state index < -0.39 is 11.9 Å². The molecule has 182 valence electrons. The number of ether oxygens (including phenoxy) is 5. The first-order valence-electron chi connectivity index (χ1n) is 10.3. The molecule has 3 rings (SSSR count). The second kappa shape index (κ2) is 12.4. The molecule has 0 aromatic heterocycles. The normalized spacial score (nSPS) is 10.5. The largest absolute Gasteiger partial charge is 0.493 e. The third-order valence-electron chi connectivity index (χ3n) is 4.60. The van der Waals surface area contributed by atoms with Crippen molar-refractivity contribution in [2.45, 2.75) is 0 Å². The zero-order chi connectivity index (χ0) is 25.2. The number of esters is 1. The molecular weight excluding hydrogens is 520 g/mol. The number of amides is 1. The molecule has 1 amide bonds. The van der Waals surface area contributed by atoms with E-state index in [2.05, 4.69) is 26.5 Å². The maximum absolute atomic E-state index is 12.6. The van der Waals surface area contributed by atoms with Crippen molar-refractivity contribution in [3.63, 3.8) is 0 Å². The van der Waals surface area contributed by atoms with Gasteiger partial charge in [0.15, 0.2) is 29.6 Å². The molecule has 0 aliphatic heterocycles. The highest BCUT2D eigenvalue weighted by Gasteiger charge is 2.15. The molecule has 0 atom stereocenters. The van der Waals surface area contributed by atoms with Gasteiger partial charge < -0.3 is 23.7 Å². The van der Waals surface area contributed by atoms with Gasteiger partial charge in [-0.05, 0) is 66.2 Å². The molecule has 0 radical (unpaired) electrons. The van der Waals surface area contributed by atoms with Crippen molar-refractivity contribution in [3.05, 3.63) is 76.3 Å². The Morgan fingerprint density at radius 2 is 1.51 bits per heavy atom. The van der Waals surface area contributed by atoms with Crippen LogP contribution in [0.25, 0.3) is 0 Å². The molecule has 0 unspecified atom stereocenters. The lowest BCUT2D eigenvalue weighted by Gasteiger charge is -2.11. The number of halogens is 1. The summed E-state index contributed by atoms with van der Waals surface area (Å²) in [6.45, 7) is -0.187. The summed E-state index contributed by atoms with van der Waals surface area (Å²) in [6.07, 6.45) is 1.43. The third-order valence-corrected chi connectivity index (χ3v) is 5.12. The minimum Gasteiger partial charge on any atom is -0.493 e. The van der Waals surface area contributed by atoms with Gasteiger partial charge in [0.2, 0.25) is 0 Å². The molecular formula is C25H23BrN2O7. The van der Waals surface area contributed by atoms with Gasteiger partial charge in [0.1, 0.15) is 5.75 Å². The Bertz CT molecular complexity index is 1210. The number of rotatable bonds is 10. The summed E-state index contributed by atoms with van der Waals surface area (Å²) < 4.78 is 27.5. The molecule has 0 aliphatic carbocycles. The Morgan fingerprint density at radius 1 is 0.857 bits per heavy atom. The average Bonchev–Trinajstić information content (AvgIpc) is 2.88. The van der Waals surface area contributed by atoms with Gasteiger partial charge >= 0.3 is 5.97 Å². The molecule has 10 heteroatoms. The third kappa shape index (κ3) is 7.21. The average molecular weight is 543 g/mol. The standard InChI is InChI=1S/C25H23BrN2O7/c1-31-20-11-5-17(13-23(20)33-3)25(30)35-21-10-4-16(12-22(21)32-2)14-27-28-24(29)15-34-19-8-6-18(26)7-9-19/h4-14H,15H2,1-3H3,(H,28,29)/b27-14+. The Balaban J connectivity index is 1.59. The van der Waals surface area contributed by atoms with Crippen molar-refractivity contribution >= 4 is 34.0 Å². The number of methoxy groups -OCH3 is 3. The second-order valence-electron chi connectivity index (χ2n) is 6.91. The van der Waals surface area contributed by atoms with E-state index in [9.17, 15) is 9.59 Å². The zero-order valence-corrected chi connectivity index (χ0v) is 20.8. The van der Waals surface area contributed by atoms with Crippen LogP contribution in [-0.2, 0) is 4.79 Å². The van der Waals surface area contributed by atoms with Crippen LogP contribution in [0, 0.1) is 0 Å². The Labute approximate surface area is 210 Å². The van der Waals surface area contributed by atoms with Crippen LogP contribution in [0.4, 0.5) is 0 Å². The number of benzene rings is 3. The minimum absolute atomic E-state index is 0.187. The predicted octanol–water partition coefficient (Wildman–Crippen LogP) is 4.22. The molecule has 35 heavy (non-hydrogen) atoms. The highest BCUT2D eigenvalue weighted by Crippen LogP contribution is 2.31. The Hall–Kier alpha value is -4.05. The summed E-state index contributed by atoms with van der Waals surface area (Å²) in [5.41, 5.74) is 3.28. The van der Waals surface area contributed by atoms with E-state index in [4.69, 9.17) is 23.7 Å². The number of hydrazone groups is 1. The fourth-order valence-electron chi connectivity index (χ4n) is 2.86. The smallest absolute Gasteiger partial charge is 0.343 e. The van der Waals surface area contributed by atoms with Gasteiger partial charge in [-0.2, -0.15) is 5.10 Å². The van der Waals surface area contributed by atoms with Gasteiger partial charge in [0.25, 0.3) is 5.91 Å². The highest BCUT2D eigenvalue weighted by molar-refractivity contribution is 9.10. The number of nitrogens with zero attached hydrogens (tertiary/aromatic N) is 1. The number of carbonyl (C=O) groups is 2. The fourth-order valence-corrected chi connectivity index (χ4v) is 3.13. The van der Waals surface area contributed by atoms with Gasteiger partial charge in [-0.25, -0.2) is 10.2 Å². The predicted molar refractivity (Wildman–Crippen MR) is 133 cm³/mol. The molecule has 0 spiro atoms. The van der Waals surface area contributed by atoms with Crippen molar-refractivity contribution in [1.82, 2.24) is 5.43 Å². The van der Waals surface area contributed by atoms with Gasteiger partial charge in [0.05, 0.1) is 33.1 Å². The molecule has 9 nitrogen and oxygen atoms in total. The first kappa shape index (κ1) is 25.6. The van der Waals surface area contributed by atoms with E-state index in [1.54, 1.807) is 42.5 Å². The van der Waals surface area contributed by atoms with Crippen LogP contribution < -0.4 is 29.1 Å². The number of hydrogen-bond acceptors (Lipinski definition) is 8. The molecule has 3 aromatic rings. The van der Waals surface area contributed by atoms with Crippen molar-refractivity contribution in [3.8, 4) is 28.7 Å². The van der Waals surface area contributed by atoms with Crippen LogP contribution in [0.5, 0.6) is 28.7 Å². The molecule has 0 bridgehead atoms. The maximum atomic E-state index is 12.6. The fraction of sp³-hybridized carbons (Fsp3) is 0.160. The lowest BCUT2D eigenvalue weighted by molar-refractivity contribution is -0.123. The lowest BCUT2D eigenvalue weighted by Crippen LogP contribution is -2.24. The van der Waals surface area contributed by atoms with E-state index in [-0.39, 0.29) is 17.9 Å². The van der Waals surface area contributed by atoms with Crippen molar-refractivity contribution < 1.29 is 33.3 Å². The van der Waals surface area contributed by atoms with Crippen LogP contribution in [0.3, 0.4) is 0 Å². The maximum Gasteiger partial charge on any atom is 0.343 e. The van der Waals surface area contributed by atoms with Crippen molar-refractivity contribution in [2.75, 3.05) is 27.9 Å². The number of hydrogen-bond donors (Lipinski definition) is 1. The van der Waals surface area contributed by atoms with Crippen molar-refractivity contribution in [1.29, 1.82) is 0 Å². The topological polar surface area (TPSA) is 105 Å². The van der Waals surface area contributed by atoms with E-state index in [1.807, 2.05) is 12.1 Å². The Morgan fingerprint density at radius 3 is 2.20 bits per heavy atom. The van der Waals surface area contributed by atoms with Gasteiger partial charge in [-0.15, -0.1) is 0 Å². The quantitative estimate of drug-likeness (QED) is 0.177. The molecule has 0 saturated heterocycles. The first-order chi connectivity index (χ1) is 16.9. The molecule has 1 N–H and O–H groups in total. The minimum atomic E-state index is -0.594. The van der Waals surface area contributed by atoms with E-state index in [0.29, 0.717) is 28.6 Å². The van der Waals surface area contributed by atoms with Crippen LogP contribution in [0.15, 0.2) is 70.2 Å². The van der Waals surface area contributed by atoms with Crippen molar-refractivity contribution in [2.24, 2.45) is 5.10 Å². The van der Waals surface area contributed by atoms with E-state index in [0.717, 1.165) is 4.47 Å². The summed E-state index contributed by atoms with van der Waals surface area (Å²) in [5.74, 6) is 0.988. The first-order valence-corrected chi connectivity index (χ1v) is 11.0. The van der Waals surface area contributed by atoms with Crippen LogP contribution in [-0.4, -0.2) is 46.0 Å².